The van der Waals surface area contributed by atoms with E-state index in [1.165, 1.54) is 11.3 Å². The number of carboxylic acid groups (broad SMARTS) is 1. The minimum Gasteiger partial charge on any atom is -0.543 e. The number of halogens is 2. The minimum absolute atomic E-state index is 0. The molecular weight excluding hydrogens is 416 g/mol. The molecular formula is C18H10Cl2N3NaO2S. The summed E-state index contributed by atoms with van der Waals surface area (Å²) in [6, 6.07) is 12.8. The molecule has 0 saturated heterocycles. The van der Waals surface area contributed by atoms with Gasteiger partial charge in [-0.1, -0.05) is 41.4 Å². The zero-order valence-electron chi connectivity index (χ0n) is 14.0. The van der Waals surface area contributed by atoms with E-state index in [4.69, 9.17) is 23.2 Å². The van der Waals surface area contributed by atoms with Gasteiger partial charge in [0.05, 0.1) is 22.4 Å². The molecule has 0 spiro atoms. The molecule has 0 aliphatic carbocycles. The van der Waals surface area contributed by atoms with Crippen LogP contribution in [0.25, 0.3) is 22.2 Å². The van der Waals surface area contributed by atoms with E-state index in [0.29, 0.717) is 37.3 Å². The van der Waals surface area contributed by atoms with Crippen LogP contribution in [-0.4, -0.2) is 15.9 Å². The van der Waals surface area contributed by atoms with Crippen molar-refractivity contribution in [1.29, 1.82) is 0 Å². The molecule has 2 aromatic carbocycles. The largest absolute Gasteiger partial charge is 1.00 e. The number of hydrogen-bond acceptors (Lipinski definition) is 5. The van der Waals surface area contributed by atoms with Crippen LogP contribution in [0.4, 0.5) is 10.8 Å². The number of carboxylic acids is 1. The van der Waals surface area contributed by atoms with Crippen LogP contribution in [0.5, 0.6) is 0 Å². The van der Waals surface area contributed by atoms with Gasteiger partial charge in [0.25, 0.3) is 0 Å². The number of benzene rings is 2. The zero-order valence-corrected chi connectivity index (χ0v) is 18.4. The SMILES string of the molecule is O=C([O-])c1[nH]c2cc(Cl)cc(Cl)c2c1-c1csc(Nc2ccccc2)n1.[Na+]. The first-order chi connectivity index (χ1) is 12.5. The fourth-order valence-electron chi connectivity index (χ4n) is 2.75. The molecule has 0 fully saturated rings. The Morgan fingerprint density at radius 1 is 1.19 bits per heavy atom. The van der Waals surface area contributed by atoms with Gasteiger partial charge in [0.2, 0.25) is 0 Å². The zero-order chi connectivity index (χ0) is 18.3. The van der Waals surface area contributed by atoms with Crippen molar-refractivity contribution in [1.82, 2.24) is 9.97 Å². The average molecular weight is 426 g/mol. The Bertz CT molecular complexity index is 1130. The van der Waals surface area contributed by atoms with Gasteiger partial charge in [0.1, 0.15) is 0 Å². The third-order valence-corrected chi connectivity index (χ3v) is 5.08. The molecule has 0 radical (unpaired) electrons. The maximum atomic E-state index is 11.6. The molecule has 4 rings (SSSR count). The summed E-state index contributed by atoms with van der Waals surface area (Å²) < 4.78 is 0. The predicted molar refractivity (Wildman–Crippen MR) is 103 cm³/mol. The number of nitrogens with one attached hydrogen (secondary N) is 2. The Balaban J connectivity index is 0.00000210. The fourth-order valence-corrected chi connectivity index (χ4v) is 4.06. The molecule has 27 heavy (non-hydrogen) atoms. The van der Waals surface area contributed by atoms with E-state index in [-0.39, 0.29) is 35.3 Å². The first kappa shape index (κ1) is 20.2. The molecule has 0 saturated carbocycles. The molecule has 0 atom stereocenters. The summed E-state index contributed by atoms with van der Waals surface area (Å²) in [4.78, 5) is 18.9. The van der Waals surface area contributed by atoms with Gasteiger partial charge in [-0.25, -0.2) is 4.98 Å². The van der Waals surface area contributed by atoms with Gasteiger partial charge >= 0.3 is 29.6 Å². The summed E-state index contributed by atoms with van der Waals surface area (Å²) in [5, 5.41) is 18.5. The van der Waals surface area contributed by atoms with E-state index >= 15 is 0 Å². The molecule has 5 nitrogen and oxygen atoms in total. The molecule has 0 amide bonds. The number of aromatic carboxylic acids is 1. The number of para-hydroxylation sites is 1. The first-order valence-electron chi connectivity index (χ1n) is 7.53. The number of carbonyl (C=O) groups is 1. The summed E-state index contributed by atoms with van der Waals surface area (Å²) in [5.74, 6) is -1.34. The molecule has 130 valence electrons. The van der Waals surface area contributed by atoms with Crippen molar-refractivity contribution < 1.29 is 39.5 Å². The van der Waals surface area contributed by atoms with Crippen LogP contribution >= 0.6 is 34.5 Å². The maximum absolute atomic E-state index is 11.6. The molecule has 0 unspecified atom stereocenters. The van der Waals surface area contributed by atoms with E-state index < -0.39 is 5.97 Å². The molecule has 0 aliphatic heterocycles. The summed E-state index contributed by atoms with van der Waals surface area (Å²) in [6.45, 7) is 0. The molecule has 2 heterocycles. The number of aromatic amines is 1. The second-order valence-corrected chi connectivity index (χ2v) is 7.20. The number of hydrogen-bond donors (Lipinski definition) is 2. The Hall–Kier alpha value is -1.54. The van der Waals surface area contributed by atoms with E-state index in [1.54, 1.807) is 17.5 Å². The maximum Gasteiger partial charge on any atom is 1.00 e. The van der Waals surface area contributed by atoms with Crippen LogP contribution in [-0.2, 0) is 0 Å². The number of nitrogens with zero attached hydrogens (tertiary/aromatic N) is 1. The van der Waals surface area contributed by atoms with E-state index in [1.807, 2.05) is 30.3 Å². The molecule has 9 heteroatoms. The van der Waals surface area contributed by atoms with Crippen molar-refractivity contribution in [2.24, 2.45) is 0 Å². The van der Waals surface area contributed by atoms with E-state index in [0.717, 1.165) is 5.69 Å². The number of anilines is 2. The van der Waals surface area contributed by atoms with Crippen molar-refractivity contribution in [2.45, 2.75) is 0 Å². The van der Waals surface area contributed by atoms with Gasteiger partial charge in [0, 0.05) is 32.6 Å². The third kappa shape index (κ3) is 4.01. The van der Waals surface area contributed by atoms with Gasteiger partial charge in [0.15, 0.2) is 5.13 Å². The molecule has 2 N–H and O–H groups in total. The number of fused-ring (bicyclic) bond motifs is 1. The summed E-state index contributed by atoms with van der Waals surface area (Å²) in [5.41, 5.74) is 2.20. The van der Waals surface area contributed by atoms with Gasteiger partial charge in [-0.15, -0.1) is 11.3 Å². The summed E-state index contributed by atoms with van der Waals surface area (Å²) in [6.07, 6.45) is 0. The van der Waals surface area contributed by atoms with Crippen molar-refractivity contribution in [3.05, 3.63) is 63.6 Å². The topological polar surface area (TPSA) is 80.8 Å². The van der Waals surface area contributed by atoms with Crippen LogP contribution in [0.1, 0.15) is 10.5 Å². The fraction of sp³-hybridized carbons (Fsp3) is 0. The number of rotatable bonds is 4. The van der Waals surface area contributed by atoms with Gasteiger partial charge in [-0.05, 0) is 24.3 Å². The third-order valence-electron chi connectivity index (χ3n) is 3.80. The standard InChI is InChI=1S/C18H11Cl2N3O2S.Na/c19-9-6-11(20)14-12(7-9)22-16(17(24)25)15(14)13-8-26-18(23-13)21-10-4-2-1-3-5-10;/h1-8,22H,(H,21,23)(H,24,25);/q;+1/p-1. The van der Waals surface area contributed by atoms with Crippen LogP contribution in [0.15, 0.2) is 47.8 Å². The number of carbonyl (C=O) groups excluding carboxylic acids is 1. The summed E-state index contributed by atoms with van der Waals surface area (Å²) in [7, 11) is 0. The Kier molecular flexibility index (Phi) is 6.15. The van der Waals surface area contributed by atoms with Crippen molar-refractivity contribution in [3.63, 3.8) is 0 Å². The molecule has 2 aromatic heterocycles. The van der Waals surface area contributed by atoms with E-state index in [2.05, 4.69) is 15.3 Å². The number of H-pyrrole nitrogens is 1. The van der Waals surface area contributed by atoms with Crippen LogP contribution in [0.2, 0.25) is 10.0 Å². The van der Waals surface area contributed by atoms with Crippen molar-refractivity contribution in [2.75, 3.05) is 5.32 Å². The van der Waals surface area contributed by atoms with Gasteiger partial charge in [-0.2, -0.15) is 0 Å². The number of aromatic nitrogens is 2. The average Bonchev–Trinajstić information content (AvgIpc) is 3.20. The predicted octanol–water partition coefficient (Wildman–Crippen LogP) is 1.71. The molecule has 0 bridgehead atoms. The second-order valence-electron chi connectivity index (χ2n) is 5.50. The quantitative estimate of drug-likeness (QED) is 0.487. The monoisotopic (exact) mass is 425 g/mol. The van der Waals surface area contributed by atoms with Gasteiger partial charge < -0.3 is 20.2 Å². The number of thiazole rings is 1. The van der Waals surface area contributed by atoms with E-state index in [9.17, 15) is 9.90 Å². The molecule has 4 aromatic rings. The smallest absolute Gasteiger partial charge is 0.543 e. The first-order valence-corrected chi connectivity index (χ1v) is 9.16. The normalized spacial score (nSPS) is 10.6. The van der Waals surface area contributed by atoms with Crippen LogP contribution in [0, 0.1) is 0 Å². The van der Waals surface area contributed by atoms with Crippen molar-refractivity contribution in [3.8, 4) is 11.3 Å². The molecule has 0 aliphatic rings. The minimum atomic E-state index is -1.34. The summed E-state index contributed by atoms with van der Waals surface area (Å²) >= 11 is 13.7. The van der Waals surface area contributed by atoms with Crippen LogP contribution in [0.3, 0.4) is 0 Å². The van der Waals surface area contributed by atoms with Crippen LogP contribution < -0.4 is 40.0 Å². The van der Waals surface area contributed by atoms with Gasteiger partial charge in [-0.3, -0.25) is 0 Å². The Morgan fingerprint density at radius 3 is 2.63 bits per heavy atom. The Morgan fingerprint density at radius 2 is 1.93 bits per heavy atom. The Labute approximate surface area is 190 Å². The van der Waals surface area contributed by atoms with Crippen molar-refractivity contribution >= 4 is 62.2 Å². The second kappa shape index (κ2) is 8.22.